The molecule has 4 nitrogen and oxygen atoms in total. The molecule has 1 N–H and O–H groups in total. The molecule has 0 amide bonds. The Morgan fingerprint density at radius 3 is 2.89 bits per heavy atom. The summed E-state index contributed by atoms with van der Waals surface area (Å²) in [6.07, 6.45) is 3.03. The molecule has 2 heterocycles. The van der Waals surface area contributed by atoms with Gasteiger partial charge in [0.1, 0.15) is 0 Å². The van der Waals surface area contributed by atoms with Gasteiger partial charge in [-0.1, -0.05) is 33.2 Å². The van der Waals surface area contributed by atoms with E-state index in [-0.39, 0.29) is 0 Å². The van der Waals surface area contributed by atoms with Crippen molar-refractivity contribution in [3.63, 3.8) is 0 Å². The molecule has 1 saturated heterocycles. The maximum Gasteiger partial charge on any atom is 0.231 e. The largest absolute Gasteiger partial charge is 0.339 e. The average molecular weight is 322 g/mol. The molecule has 1 fully saturated rings. The van der Waals surface area contributed by atoms with Crippen LogP contribution in [0.3, 0.4) is 0 Å². The first-order valence-electron chi connectivity index (χ1n) is 6.59. The zero-order valence-electron chi connectivity index (χ0n) is 10.6. The van der Waals surface area contributed by atoms with Crippen molar-refractivity contribution in [3.05, 3.63) is 46.0 Å². The van der Waals surface area contributed by atoms with Crippen molar-refractivity contribution in [3.8, 4) is 0 Å². The smallest absolute Gasteiger partial charge is 0.231 e. The number of piperidine rings is 1. The Balaban J connectivity index is 1.68. The van der Waals surface area contributed by atoms with E-state index in [0.29, 0.717) is 5.92 Å². The highest BCUT2D eigenvalue weighted by Crippen LogP contribution is 2.22. The summed E-state index contributed by atoms with van der Waals surface area (Å²) in [6, 6.07) is 8.20. The van der Waals surface area contributed by atoms with Crippen LogP contribution in [0.5, 0.6) is 0 Å². The topological polar surface area (TPSA) is 51.0 Å². The van der Waals surface area contributed by atoms with Crippen molar-refractivity contribution < 1.29 is 4.52 Å². The lowest BCUT2D eigenvalue weighted by Crippen LogP contribution is -2.28. The number of hydrogen-bond donors (Lipinski definition) is 1. The Bertz CT molecular complexity index is 532. The molecular formula is C14H16BrN3O. The SMILES string of the molecule is Brc1ccc(Cc2noc([C@H]3CCCNC3)n2)cc1. The number of benzene rings is 1. The Morgan fingerprint density at radius 2 is 2.16 bits per heavy atom. The summed E-state index contributed by atoms with van der Waals surface area (Å²) in [5.74, 6) is 1.92. The van der Waals surface area contributed by atoms with Crippen molar-refractivity contribution in [2.75, 3.05) is 13.1 Å². The van der Waals surface area contributed by atoms with E-state index in [9.17, 15) is 0 Å². The van der Waals surface area contributed by atoms with Crippen LogP contribution in [0, 0.1) is 0 Å². The van der Waals surface area contributed by atoms with Gasteiger partial charge in [0.2, 0.25) is 5.89 Å². The molecule has 0 radical (unpaired) electrons. The zero-order valence-corrected chi connectivity index (χ0v) is 12.2. The van der Waals surface area contributed by atoms with Gasteiger partial charge in [-0.25, -0.2) is 0 Å². The van der Waals surface area contributed by atoms with Crippen LogP contribution in [0.15, 0.2) is 33.3 Å². The van der Waals surface area contributed by atoms with E-state index in [0.717, 1.165) is 42.1 Å². The number of nitrogens with one attached hydrogen (secondary N) is 1. The Hall–Kier alpha value is -1.20. The zero-order chi connectivity index (χ0) is 13.1. The minimum absolute atomic E-state index is 0.375. The predicted molar refractivity (Wildman–Crippen MR) is 76.1 cm³/mol. The third kappa shape index (κ3) is 3.22. The normalized spacial score (nSPS) is 19.5. The highest BCUT2D eigenvalue weighted by atomic mass is 79.9. The standard InChI is InChI=1S/C14H16BrN3O/c15-12-5-3-10(4-6-12)8-13-17-14(19-18-13)11-2-1-7-16-9-11/h3-6,11,16H,1-2,7-9H2/t11-/m0/s1. The van der Waals surface area contributed by atoms with Crippen molar-refractivity contribution in [2.45, 2.75) is 25.2 Å². The van der Waals surface area contributed by atoms with E-state index < -0.39 is 0 Å². The van der Waals surface area contributed by atoms with Crippen LogP contribution in [0.4, 0.5) is 0 Å². The Labute approximate surface area is 120 Å². The molecule has 0 saturated carbocycles. The van der Waals surface area contributed by atoms with Crippen molar-refractivity contribution >= 4 is 15.9 Å². The van der Waals surface area contributed by atoms with Gasteiger partial charge in [0, 0.05) is 17.4 Å². The van der Waals surface area contributed by atoms with Crippen LogP contribution >= 0.6 is 15.9 Å². The van der Waals surface area contributed by atoms with E-state index >= 15 is 0 Å². The molecule has 1 aromatic heterocycles. The van der Waals surface area contributed by atoms with Gasteiger partial charge in [-0.15, -0.1) is 0 Å². The van der Waals surface area contributed by atoms with E-state index in [1.54, 1.807) is 0 Å². The minimum Gasteiger partial charge on any atom is -0.339 e. The molecule has 3 rings (SSSR count). The summed E-state index contributed by atoms with van der Waals surface area (Å²) in [6.45, 7) is 2.04. The third-order valence-corrected chi connectivity index (χ3v) is 3.93. The first-order valence-corrected chi connectivity index (χ1v) is 7.38. The number of rotatable bonds is 3. The second-order valence-electron chi connectivity index (χ2n) is 4.90. The summed E-state index contributed by atoms with van der Waals surface area (Å²) >= 11 is 3.43. The van der Waals surface area contributed by atoms with E-state index in [1.807, 2.05) is 12.1 Å². The number of hydrogen-bond acceptors (Lipinski definition) is 4. The van der Waals surface area contributed by atoms with Gasteiger partial charge in [0.25, 0.3) is 0 Å². The summed E-state index contributed by atoms with van der Waals surface area (Å²) in [4.78, 5) is 4.52. The van der Waals surface area contributed by atoms with Crippen LogP contribution in [0.2, 0.25) is 0 Å². The van der Waals surface area contributed by atoms with E-state index in [4.69, 9.17) is 4.52 Å². The summed E-state index contributed by atoms with van der Waals surface area (Å²) in [7, 11) is 0. The lowest BCUT2D eigenvalue weighted by atomic mass is 10.00. The number of aromatic nitrogens is 2. The molecule has 5 heteroatoms. The van der Waals surface area contributed by atoms with Gasteiger partial charge in [0.05, 0.1) is 5.92 Å². The van der Waals surface area contributed by atoms with Crippen LogP contribution in [0.1, 0.15) is 36.0 Å². The molecule has 1 aromatic carbocycles. The second-order valence-corrected chi connectivity index (χ2v) is 5.81. The Morgan fingerprint density at radius 1 is 1.32 bits per heavy atom. The molecule has 0 bridgehead atoms. The molecular weight excluding hydrogens is 306 g/mol. The highest BCUT2D eigenvalue weighted by Gasteiger charge is 2.21. The summed E-state index contributed by atoms with van der Waals surface area (Å²) in [5.41, 5.74) is 1.19. The van der Waals surface area contributed by atoms with Gasteiger partial charge < -0.3 is 9.84 Å². The van der Waals surface area contributed by atoms with Gasteiger partial charge in [-0.3, -0.25) is 0 Å². The van der Waals surface area contributed by atoms with Gasteiger partial charge in [0.15, 0.2) is 5.82 Å². The minimum atomic E-state index is 0.375. The van der Waals surface area contributed by atoms with Crippen LogP contribution in [-0.2, 0) is 6.42 Å². The molecule has 0 spiro atoms. The maximum atomic E-state index is 5.39. The van der Waals surface area contributed by atoms with Crippen LogP contribution in [-0.4, -0.2) is 23.2 Å². The summed E-state index contributed by atoms with van der Waals surface area (Å²) < 4.78 is 6.47. The molecule has 1 aliphatic heterocycles. The van der Waals surface area contributed by atoms with E-state index in [1.165, 1.54) is 12.0 Å². The quantitative estimate of drug-likeness (QED) is 0.944. The lowest BCUT2D eigenvalue weighted by molar-refractivity contribution is 0.320. The molecule has 1 atom stereocenters. The van der Waals surface area contributed by atoms with Gasteiger partial charge in [-0.2, -0.15) is 4.98 Å². The highest BCUT2D eigenvalue weighted by molar-refractivity contribution is 9.10. The number of nitrogens with zero attached hydrogens (tertiary/aromatic N) is 2. The van der Waals surface area contributed by atoms with Crippen molar-refractivity contribution in [1.29, 1.82) is 0 Å². The van der Waals surface area contributed by atoms with Gasteiger partial charge >= 0.3 is 0 Å². The monoisotopic (exact) mass is 321 g/mol. The lowest BCUT2D eigenvalue weighted by Gasteiger charge is -2.18. The number of halogens is 1. The average Bonchev–Trinajstić information content (AvgIpc) is 2.91. The fourth-order valence-corrected chi connectivity index (χ4v) is 2.62. The van der Waals surface area contributed by atoms with Crippen LogP contribution < -0.4 is 5.32 Å². The first-order chi connectivity index (χ1) is 9.31. The fourth-order valence-electron chi connectivity index (χ4n) is 2.35. The molecule has 0 unspecified atom stereocenters. The molecule has 1 aliphatic rings. The maximum absolute atomic E-state index is 5.39. The molecule has 0 aliphatic carbocycles. The summed E-state index contributed by atoms with van der Waals surface area (Å²) in [5, 5.41) is 7.45. The van der Waals surface area contributed by atoms with Crippen molar-refractivity contribution in [2.24, 2.45) is 0 Å². The molecule has 2 aromatic rings. The molecule has 100 valence electrons. The predicted octanol–water partition coefficient (Wildman–Crippen LogP) is 2.89. The molecule has 19 heavy (non-hydrogen) atoms. The Kier molecular flexibility index (Phi) is 3.94. The third-order valence-electron chi connectivity index (χ3n) is 3.41. The van der Waals surface area contributed by atoms with E-state index in [2.05, 4.69) is 43.5 Å². The fraction of sp³-hybridized carbons (Fsp3) is 0.429. The van der Waals surface area contributed by atoms with Crippen molar-refractivity contribution in [1.82, 2.24) is 15.5 Å². The second kappa shape index (κ2) is 5.84. The van der Waals surface area contributed by atoms with Crippen LogP contribution in [0.25, 0.3) is 0 Å². The first kappa shape index (κ1) is 12.8. The van der Waals surface area contributed by atoms with Gasteiger partial charge in [-0.05, 0) is 37.1 Å².